The monoisotopic (exact) mass is 289 g/mol. The molecule has 2 rings (SSSR count). The van der Waals surface area contributed by atoms with Crippen LogP contribution in [-0.2, 0) is 13.8 Å². The Balaban J connectivity index is 2.48. The lowest BCUT2D eigenvalue weighted by molar-refractivity contribution is 0.0496. The van der Waals surface area contributed by atoms with Gasteiger partial charge in [-0.25, -0.2) is 4.79 Å². The highest BCUT2D eigenvalue weighted by molar-refractivity contribution is 9.10. The van der Waals surface area contributed by atoms with E-state index in [4.69, 9.17) is 9.26 Å². The third kappa shape index (κ3) is 1.83. The lowest BCUT2D eigenvalue weighted by Crippen LogP contribution is -1.95. The molecule has 2 atom stereocenters. The molecule has 6 heteroatoms. The van der Waals surface area contributed by atoms with Crippen molar-refractivity contribution in [2.75, 3.05) is 7.11 Å². The fourth-order valence-corrected chi connectivity index (χ4v) is 2.60. The number of fused-ring (bicyclic) bond motifs is 1. The van der Waals surface area contributed by atoms with Gasteiger partial charge >= 0.3 is 19.8 Å². The van der Waals surface area contributed by atoms with E-state index >= 15 is 0 Å². The summed E-state index contributed by atoms with van der Waals surface area (Å²) in [5, 5.41) is 0. The molecule has 0 aliphatic carbocycles. The molecule has 0 N–H and O–H groups in total. The molecule has 0 amide bonds. The largest absolute Gasteiger partial charge is 0.558 e. The Morgan fingerprint density at radius 2 is 2.27 bits per heavy atom. The molecule has 78 valence electrons. The lowest BCUT2D eigenvalue weighted by Gasteiger charge is -1.97. The van der Waals surface area contributed by atoms with Crippen molar-refractivity contribution in [3.63, 3.8) is 0 Å². The van der Waals surface area contributed by atoms with E-state index in [2.05, 4.69) is 15.9 Å². The Kier molecular flexibility index (Phi) is 2.87. The first-order valence-electron chi connectivity index (χ1n) is 4.14. The van der Waals surface area contributed by atoms with Gasteiger partial charge in [-0.05, 0) is 22.8 Å². The van der Waals surface area contributed by atoms with Crippen molar-refractivity contribution >= 4 is 29.9 Å². The van der Waals surface area contributed by atoms with Gasteiger partial charge in [-0.15, -0.1) is 4.52 Å². The van der Waals surface area contributed by atoms with Gasteiger partial charge in [-0.3, -0.25) is 0 Å². The van der Waals surface area contributed by atoms with Gasteiger partial charge in [0.15, 0.2) is 0 Å². The Morgan fingerprint density at radius 3 is 2.93 bits per heavy atom. The van der Waals surface area contributed by atoms with Crippen LogP contribution in [0.3, 0.4) is 0 Å². The quantitative estimate of drug-likeness (QED) is 0.620. The van der Waals surface area contributed by atoms with Crippen LogP contribution in [0, 0.1) is 0 Å². The highest BCUT2D eigenvalue weighted by Gasteiger charge is 2.45. The molecule has 15 heavy (non-hydrogen) atoms. The average molecular weight is 290 g/mol. The van der Waals surface area contributed by atoms with Crippen molar-refractivity contribution in [2.45, 2.75) is 5.85 Å². The number of hydrogen-bond donors (Lipinski definition) is 0. The van der Waals surface area contributed by atoms with E-state index in [9.17, 15) is 9.36 Å². The molecule has 1 aliphatic heterocycles. The van der Waals surface area contributed by atoms with Crippen LogP contribution in [0.15, 0.2) is 22.7 Å². The summed E-state index contributed by atoms with van der Waals surface area (Å²) in [6, 6.07) is 5.10. The lowest BCUT2D eigenvalue weighted by atomic mass is 10.1. The summed E-state index contributed by atoms with van der Waals surface area (Å²) in [4.78, 5) is 11.4. The van der Waals surface area contributed by atoms with Gasteiger partial charge in [-0.1, -0.05) is 15.9 Å². The van der Waals surface area contributed by atoms with Crippen LogP contribution in [-0.4, -0.2) is 13.1 Å². The fraction of sp³-hybridized carbons (Fsp3) is 0.222. The first kappa shape index (κ1) is 10.7. The Morgan fingerprint density at radius 1 is 1.53 bits per heavy atom. The van der Waals surface area contributed by atoms with E-state index in [1.807, 2.05) is 0 Å². The van der Waals surface area contributed by atoms with Crippen LogP contribution >= 0.6 is 24.0 Å². The van der Waals surface area contributed by atoms with Crippen LogP contribution in [0.25, 0.3) is 0 Å². The molecule has 1 aromatic rings. The molecular weight excluding hydrogens is 283 g/mol. The fourth-order valence-electron chi connectivity index (χ4n) is 1.40. The van der Waals surface area contributed by atoms with E-state index in [-0.39, 0.29) is 0 Å². The molecule has 0 spiro atoms. The molecule has 1 aliphatic rings. The van der Waals surface area contributed by atoms with Crippen molar-refractivity contribution in [1.29, 1.82) is 0 Å². The molecule has 0 fully saturated rings. The number of rotatable bonds is 2. The third-order valence-electron chi connectivity index (χ3n) is 2.09. The second-order valence-electron chi connectivity index (χ2n) is 2.96. The van der Waals surface area contributed by atoms with Gasteiger partial charge in [0.25, 0.3) is 0 Å². The Hall–Kier alpha value is -0.770. The van der Waals surface area contributed by atoms with Gasteiger partial charge < -0.3 is 4.74 Å². The van der Waals surface area contributed by atoms with Crippen molar-refractivity contribution in [3.8, 4) is 0 Å². The molecule has 0 saturated carbocycles. The van der Waals surface area contributed by atoms with Crippen LogP contribution < -0.4 is 0 Å². The number of cyclic esters (lactones) is 1. The zero-order valence-electron chi connectivity index (χ0n) is 7.77. The highest BCUT2D eigenvalue weighted by atomic mass is 79.9. The predicted molar refractivity (Wildman–Crippen MR) is 56.9 cm³/mol. The van der Waals surface area contributed by atoms with Crippen molar-refractivity contribution in [2.24, 2.45) is 0 Å². The van der Waals surface area contributed by atoms with Crippen molar-refractivity contribution in [1.82, 2.24) is 0 Å². The summed E-state index contributed by atoms with van der Waals surface area (Å²) >= 11 is 3.28. The molecule has 4 nitrogen and oxygen atoms in total. The number of halogens is 1. The average Bonchev–Trinajstić information content (AvgIpc) is 2.54. The number of carbonyl (C=O) groups is 1. The topological polar surface area (TPSA) is 52.6 Å². The van der Waals surface area contributed by atoms with Crippen LogP contribution in [0.5, 0.6) is 0 Å². The normalized spacial score (nSPS) is 19.7. The van der Waals surface area contributed by atoms with Crippen LogP contribution in [0.2, 0.25) is 0 Å². The van der Waals surface area contributed by atoms with E-state index in [1.165, 1.54) is 7.11 Å². The smallest absolute Gasteiger partial charge is 0.406 e. The van der Waals surface area contributed by atoms with Gasteiger partial charge in [0.1, 0.15) is 0 Å². The zero-order chi connectivity index (χ0) is 11.0. The third-order valence-corrected chi connectivity index (χ3v) is 3.71. The molecule has 0 bridgehead atoms. The molecule has 0 saturated heterocycles. The summed E-state index contributed by atoms with van der Waals surface area (Å²) in [5.74, 6) is -1.24. The minimum atomic E-state index is -2.02. The van der Waals surface area contributed by atoms with E-state index < -0.39 is 19.8 Å². The first-order chi connectivity index (χ1) is 7.13. The molecular formula is C9H7BrO4P+. The van der Waals surface area contributed by atoms with Crippen molar-refractivity contribution in [3.05, 3.63) is 33.8 Å². The maximum atomic E-state index is 11.5. The Labute approximate surface area is 95.6 Å². The minimum absolute atomic E-state index is 0.448. The van der Waals surface area contributed by atoms with Gasteiger partial charge in [0.05, 0.1) is 18.2 Å². The van der Waals surface area contributed by atoms with Crippen molar-refractivity contribution < 1.29 is 18.6 Å². The van der Waals surface area contributed by atoms with Gasteiger partial charge in [0, 0.05) is 4.47 Å². The molecule has 2 unspecified atom stereocenters. The number of carbonyl (C=O) groups excluding carboxylic acids is 1. The van der Waals surface area contributed by atoms with Crippen LogP contribution in [0.4, 0.5) is 0 Å². The summed E-state index contributed by atoms with van der Waals surface area (Å²) in [5.41, 5.74) is 1.06. The molecule has 0 aromatic heterocycles. The summed E-state index contributed by atoms with van der Waals surface area (Å²) in [7, 11) is -0.697. The maximum absolute atomic E-state index is 11.5. The van der Waals surface area contributed by atoms with E-state index in [0.717, 1.165) is 4.47 Å². The van der Waals surface area contributed by atoms with E-state index in [0.29, 0.717) is 11.1 Å². The van der Waals surface area contributed by atoms with Crippen LogP contribution in [0.1, 0.15) is 21.8 Å². The van der Waals surface area contributed by atoms with Gasteiger partial charge in [0.2, 0.25) is 0 Å². The molecule has 1 heterocycles. The van der Waals surface area contributed by atoms with Gasteiger partial charge in [-0.2, -0.15) is 0 Å². The summed E-state index contributed by atoms with van der Waals surface area (Å²) < 4.78 is 21.9. The number of esters is 1. The number of hydrogen-bond acceptors (Lipinski definition) is 4. The van der Waals surface area contributed by atoms with E-state index in [1.54, 1.807) is 18.2 Å². The molecule has 1 aromatic carbocycles. The second kappa shape index (κ2) is 4.00. The SMILES string of the molecule is CO[P+](=O)C1OC(=O)c2ccc(Br)cc21. The molecule has 0 radical (unpaired) electrons. The minimum Gasteiger partial charge on any atom is -0.406 e. The number of benzene rings is 1. The summed E-state index contributed by atoms with van der Waals surface area (Å²) in [6.45, 7) is 0. The predicted octanol–water partition coefficient (Wildman–Crippen LogP) is 3.01. The Bertz CT molecular complexity index is 446. The second-order valence-corrected chi connectivity index (χ2v) is 5.28. The standard InChI is InChI=1S/C9H7BrO4P/c1-13-15(12)9-7-4-5(10)2-3-6(7)8(11)14-9/h2-4,9H,1H3/q+1. The highest BCUT2D eigenvalue weighted by Crippen LogP contribution is 2.48. The summed E-state index contributed by atoms with van der Waals surface area (Å²) in [6.07, 6.45) is 0. The maximum Gasteiger partial charge on any atom is 0.558 e. The number of ether oxygens (including phenoxy) is 1. The zero-order valence-corrected chi connectivity index (χ0v) is 10.2. The first-order valence-corrected chi connectivity index (χ1v) is 6.18.